The van der Waals surface area contributed by atoms with E-state index in [0.717, 1.165) is 13.0 Å². The van der Waals surface area contributed by atoms with Crippen molar-refractivity contribution in [2.24, 2.45) is 5.92 Å². The molecule has 0 aliphatic carbocycles. The Hall–Kier alpha value is -0.110. The number of sulfone groups is 1. The minimum Gasteiger partial charge on any atom is -0.466 e. The molecule has 8 heteroatoms. The highest BCUT2D eigenvalue weighted by Gasteiger charge is 2.27. The number of nitrogens with one attached hydrogen (secondary N) is 1. The van der Waals surface area contributed by atoms with E-state index in [-0.39, 0.29) is 28.7 Å². The SMILES string of the molecule is CCCOCCC(CCl)OC(=S)NCC1CCS(=O)(=O)C1. The van der Waals surface area contributed by atoms with Gasteiger partial charge in [0.05, 0.1) is 24.0 Å². The average molecular weight is 358 g/mol. The Kier molecular flexibility index (Phi) is 8.85. The molecule has 1 N–H and O–H groups in total. The van der Waals surface area contributed by atoms with E-state index in [4.69, 9.17) is 33.3 Å². The van der Waals surface area contributed by atoms with Gasteiger partial charge in [-0.05, 0) is 31.0 Å². The van der Waals surface area contributed by atoms with Gasteiger partial charge in [-0.1, -0.05) is 6.92 Å². The van der Waals surface area contributed by atoms with Gasteiger partial charge in [0.15, 0.2) is 9.84 Å². The normalized spacial score (nSPS) is 21.9. The van der Waals surface area contributed by atoms with Crippen LogP contribution >= 0.6 is 23.8 Å². The molecular formula is C13H24ClNO4S2. The van der Waals surface area contributed by atoms with E-state index < -0.39 is 9.84 Å². The maximum Gasteiger partial charge on any atom is 0.256 e. The number of hydrogen-bond acceptors (Lipinski definition) is 5. The number of thiocarbonyl (C=S) groups is 1. The van der Waals surface area contributed by atoms with Crippen LogP contribution in [0.15, 0.2) is 0 Å². The van der Waals surface area contributed by atoms with Gasteiger partial charge in [0.25, 0.3) is 5.17 Å². The van der Waals surface area contributed by atoms with Crippen LogP contribution in [0.1, 0.15) is 26.2 Å². The number of halogens is 1. The lowest BCUT2D eigenvalue weighted by Crippen LogP contribution is -2.34. The molecule has 1 aliphatic heterocycles. The van der Waals surface area contributed by atoms with Gasteiger partial charge in [0, 0.05) is 19.6 Å². The van der Waals surface area contributed by atoms with E-state index in [1.54, 1.807) is 0 Å². The van der Waals surface area contributed by atoms with Crippen molar-refractivity contribution in [3.8, 4) is 0 Å². The average Bonchev–Trinajstić information content (AvgIpc) is 2.79. The minimum absolute atomic E-state index is 0.110. The molecule has 2 unspecified atom stereocenters. The zero-order chi connectivity index (χ0) is 15.7. The van der Waals surface area contributed by atoms with Crippen LogP contribution in [-0.2, 0) is 19.3 Å². The van der Waals surface area contributed by atoms with Crippen molar-refractivity contribution >= 4 is 38.8 Å². The van der Waals surface area contributed by atoms with Crippen molar-refractivity contribution in [1.29, 1.82) is 0 Å². The molecule has 2 atom stereocenters. The third-order valence-corrected chi connectivity index (χ3v) is 5.66. The van der Waals surface area contributed by atoms with Crippen LogP contribution in [0.3, 0.4) is 0 Å². The van der Waals surface area contributed by atoms with Crippen molar-refractivity contribution in [3.63, 3.8) is 0 Å². The fourth-order valence-electron chi connectivity index (χ4n) is 2.08. The summed E-state index contributed by atoms with van der Waals surface area (Å²) in [6.45, 7) is 3.90. The van der Waals surface area contributed by atoms with Crippen molar-refractivity contribution < 1.29 is 17.9 Å². The Bertz CT molecular complexity index is 416. The summed E-state index contributed by atoms with van der Waals surface area (Å²) in [4.78, 5) is 0. The molecule has 0 aromatic rings. The highest BCUT2D eigenvalue weighted by molar-refractivity contribution is 7.91. The number of ether oxygens (including phenoxy) is 2. The molecule has 0 amide bonds. The van der Waals surface area contributed by atoms with Crippen LogP contribution in [0.25, 0.3) is 0 Å². The molecule has 0 aromatic heterocycles. The van der Waals surface area contributed by atoms with Crippen LogP contribution in [0.2, 0.25) is 0 Å². The van der Waals surface area contributed by atoms with E-state index in [0.29, 0.717) is 31.9 Å². The fraction of sp³-hybridized carbons (Fsp3) is 0.923. The van der Waals surface area contributed by atoms with Gasteiger partial charge < -0.3 is 14.8 Å². The topological polar surface area (TPSA) is 64.6 Å². The highest BCUT2D eigenvalue weighted by atomic mass is 35.5. The van der Waals surface area contributed by atoms with E-state index in [1.807, 2.05) is 0 Å². The second-order valence-corrected chi connectivity index (χ2v) is 8.14. The molecule has 1 fully saturated rings. The number of rotatable bonds is 9. The summed E-state index contributed by atoms with van der Waals surface area (Å²) in [6.07, 6.45) is 2.16. The van der Waals surface area contributed by atoms with Gasteiger partial charge in [0.2, 0.25) is 0 Å². The van der Waals surface area contributed by atoms with E-state index in [9.17, 15) is 8.42 Å². The summed E-state index contributed by atoms with van der Waals surface area (Å²) in [5.41, 5.74) is 0. The third kappa shape index (κ3) is 8.18. The van der Waals surface area contributed by atoms with Gasteiger partial charge in [0.1, 0.15) is 6.10 Å². The first-order valence-electron chi connectivity index (χ1n) is 7.25. The molecular weight excluding hydrogens is 334 g/mol. The monoisotopic (exact) mass is 357 g/mol. The van der Waals surface area contributed by atoms with E-state index >= 15 is 0 Å². The highest BCUT2D eigenvalue weighted by Crippen LogP contribution is 2.17. The zero-order valence-corrected chi connectivity index (χ0v) is 14.7. The molecule has 1 rings (SSSR count). The largest absolute Gasteiger partial charge is 0.466 e. The second kappa shape index (κ2) is 9.82. The zero-order valence-electron chi connectivity index (χ0n) is 12.3. The number of alkyl halides is 1. The molecule has 0 bridgehead atoms. The molecule has 1 heterocycles. The molecule has 0 aromatic carbocycles. The van der Waals surface area contributed by atoms with Crippen LogP contribution in [0.5, 0.6) is 0 Å². The summed E-state index contributed by atoms with van der Waals surface area (Å²) >= 11 is 10.9. The number of hydrogen-bond donors (Lipinski definition) is 1. The lowest BCUT2D eigenvalue weighted by atomic mass is 10.1. The van der Waals surface area contributed by atoms with Crippen LogP contribution in [0, 0.1) is 5.92 Å². The Morgan fingerprint density at radius 2 is 2.24 bits per heavy atom. The summed E-state index contributed by atoms with van der Waals surface area (Å²) < 4.78 is 33.7. The lowest BCUT2D eigenvalue weighted by Gasteiger charge is -2.19. The molecule has 21 heavy (non-hydrogen) atoms. The molecule has 1 aliphatic rings. The van der Waals surface area contributed by atoms with Crippen molar-refractivity contribution in [1.82, 2.24) is 5.32 Å². The predicted molar refractivity (Wildman–Crippen MR) is 88.7 cm³/mol. The van der Waals surface area contributed by atoms with Crippen LogP contribution in [-0.4, -0.2) is 56.8 Å². The molecule has 124 valence electrons. The molecule has 0 radical (unpaired) electrons. The van der Waals surface area contributed by atoms with Gasteiger partial charge in [-0.15, -0.1) is 11.6 Å². The van der Waals surface area contributed by atoms with Crippen molar-refractivity contribution in [2.75, 3.05) is 37.1 Å². The Morgan fingerprint density at radius 1 is 1.48 bits per heavy atom. The Labute approximate surface area is 137 Å². The van der Waals surface area contributed by atoms with Gasteiger partial charge >= 0.3 is 0 Å². The Balaban J connectivity index is 2.19. The first-order valence-corrected chi connectivity index (χ1v) is 10.0. The van der Waals surface area contributed by atoms with Crippen molar-refractivity contribution in [2.45, 2.75) is 32.3 Å². The predicted octanol–water partition coefficient (Wildman–Crippen LogP) is 1.74. The Morgan fingerprint density at radius 3 is 2.81 bits per heavy atom. The first kappa shape index (κ1) is 18.9. The van der Waals surface area contributed by atoms with Gasteiger partial charge in [-0.3, -0.25) is 0 Å². The maximum absolute atomic E-state index is 11.4. The quantitative estimate of drug-likeness (QED) is 0.385. The summed E-state index contributed by atoms with van der Waals surface area (Å²) in [5, 5.41) is 3.25. The van der Waals surface area contributed by atoms with Crippen LogP contribution in [0.4, 0.5) is 0 Å². The summed E-state index contributed by atoms with van der Waals surface area (Å²) in [6, 6.07) is 0. The smallest absolute Gasteiger partial charge is 0.256 e. The summed E-state index contributed by atoms with van der Waals surface area (Å²) in [7, 11) is -2.85. The van der Waals surface area contributed by atoms with Crippen molar-refractivity contribution in [3.05, 3.63) is 0 Å². The van der Waals surface area contributed by atoms with Gasteiger partial charge in [-0.25, -0.2) is 8.42 Å². The molecule has 1 saturated heterocycles. The van der Waals surface area contributed by atoms with E-state index in [2.05, 4.69) is 12.2 Å². The first-order chi connectivity index (χ1) is 9.96. The standard InChI is InChI=1S/C13H24ClNO4S2/c1-2-5-18-6-3-12(8-14)19-13(20)15-9-11-4-7-21(16,17)10-11/h11-12H,2-10H2,1H3,(H,15,20). The summed E-state index contributed by atoms with van der Waals surface area (Å²) in [5.74, 6) is 0.951. The van der Waals surface area contributed by atoms with Crippen LogP contribution < -0.4 is 5.32 Å². The minimum atomic E-state index is -2.85. The second-order valence-electron chi connectivity index (χ2n) is 5.23. The maximum atomic E-state index is 11.4. The molecule has 0 spiro atoms. The molecule has 0 saturated carbocycles. The van der Waals surface area contributed by atoms with Gasteiger partial charge in [-0.2, -0.15) is 0 Å². The lowest BCUT2D eigenvalue weighted by molar-refractivity contribution is 0.0947. The molecule has 5 nitrogen and oxygen atoms in total. The van der Waals surface area contributed by atoms with E-state index in [1.165, 1.54) is 0 Å². The fourth-order valence-corrected chi connectivity index (χ4v) is 4.38. The third-order valence-electron chi connectivity index (χ3n) is 3.24.